The van der Waals surface area contributed by atoms with Crippen LogP contribution < -0.4 is 5.73 Å². The van der Waals surface area contributed by atoms with Crippen LogP contribution in [-0.2, 0) is 18.8 Å². The standard InChI is InChI=1S/C22H34BNO5/c1-15(13-14-23-28-21(4,5)22(6,7)29-23)17(16-11-9-8-10-12-16)27-19(25)18(24)20(2,3)26/h8-15,17-18,26H,24H2,1-7H3/b14-13+/t15-,17+,18-/m1/s1. The van der Waals surface area contributed by atoms with Crippen LogP contribution in [0.1, 0.15) is 60.1 Å². The molecule has 0 aromatic heterocycles. The van der Waals surface area contributed by atoms with E-state index in [1.54, 1.807) is 0 Å². The third-order valence-electron chi connectivity index (χ3n) is 5.71. The maximum Gasteiger partial charge on any atom is 0.486 e. The molecule has 0 bridgehead atoms. The fourth-order valence-electron chi connectivity index (χ4n) is 2.94. The Kier molecular flexibility index (Phi) is 7.00. The van der Waals surface area contributed by atoms with Crippen molar-refractivity contribution in [2.75, 3.05) is 0 Å². The molecule has 0 saturated carbocycles. The zero-order chi connectivity index (χ0) is 22.0. The Hall–Kier alpha value is -1.67. The minimum Gasteiger partial charge on any atom is -0.456 e. The minimum absolute atomic E-state index is 0.172. The first-order valence-electron chi connectivity index (χ1n) is 10.0. The highest BCUT2D eigenvalue weighted by molar-refractivity contribution is 6.51. The maximum atomic E-state index is 12.5. The van der Waals surface area contributed by atoms with Crippen LogP contribution in [0, 0.1) is 5.92 Å². The Morgan fingerprint density at radius 3 is 2.17 bits per heavy atom. The maximum absolute atomic E-state index is 12.5. The molecule has 1 saturated heterocycles. The summed E-state index contributed by atoms with van der Waals surface area (Å²) in [6, 6.07) is 8.32. The van der Waals surface area contributed by atoms with Crippen LogP contribution in [-0.4, -0.2) is 41.0 Å². The van der Waals surface area contributed by atoms with Crippen LogP contribution in [0.5, 0.6) is 0 Å². The van der Waals surface area contributed by atoms with Crippen LogP contribution in [0.25, 0.3) is 0 Å². The third-order valence-corrected chi connectivity index (χ3v) is 5.71. The van der Waals surface area contributed by atoms with Gasteiger partial charge in [-0.05, 0) is 47.1 Å². The number of carbonyl (C=O) groups is 1. The second-order valence-electron chi connectivity index (χ2n) is 9.27. The molecule has 0 unspecified atom stereocenters. The predicted octanol–water partition coefficient (Wildman–Crippen LogP) is 3.19. The van der Waals surface area contributed by atoms with Gasteiger partial charge in [0.25, 0.3) is 0 Å². The normalized spacial score (nSPS) is 21.8. The summed E-state index contributed by atoms with van der Waals surface area (Å²) in [7, 11) is -0.479. The summed E-state index contributed by atoms with van der Waals surface area (Å²) in [4.78, 5) is 12.5. The third kappa shape index (κ3) is 5.69. The van der Waals surface area contributed by atoms with Crippen molar-refractivity contribution in [2.45, 2.75) is 77.4 Å². The molecule has 3 atom stereocenters. The first-order chi connectivity index (χ1) is 13.2. The van der Waals surface area contributed by atoms with Crippen molar-refractivity contribution in [3.63, 3.8) is 0 Å². The summed E-state index contributed by atoms with van der Waals surface area (Å²) >= 11 is 0. The van der Waals surface area contributed by atoms with Crippen molar-refractivity contribution >= 4 is 13.1 Å². The number of benzene rings is 1. The summed E-state index contributed by atoms with van der Waals surface area (Å²) in [5, 5.41) is 10.1. The van der Waals surface area contributed by atoms with Crippen LogP contribution >= 0.6 is 0 Å². The van der Waals surface area contributed by atoms with Crippen LogP contribution in [0.2, 0.25) is 0 Å². The molecule has 1 aliphatic heterocycles. The van der Waals surface area contributed by atoms with Crippen LogP contribution in [0.3, 0.4) is 0 Å². The molecule has 29 heavy (non-hydrogen) atoms. The van der Waals surface area contributed by atoms with Crippen molar-refractivity contribution in [3.8, 4) is 0 Å². The molecule has 1 aromatic carbocycles. The second-order valence-corrected chi connectivity index (χ2v) is 9.27. The number of aliphatic hydroxyl groups is 1. The van der Waals surface area contributed by atoms with E-state index in [9.17, 15) is 9.90 Å². The zero-order valence-corrected chi connectivity index (χ0v) is 18.5. The van der Waals surface area contributed by atoms with Gasteiger partial charge in [0.2, 0.25) is 0 Å². The SMILES string of the molecule is C[C@H](/C=C/B1OC(C)(C)C(C)(C)O1)[C@H](OC(=O)[C@@H](N)C(C)(C)O)c1ccccc1. The number of ether oxygens (including phenoxy) is 1. The number of rotatable bonds is 7. The molecule has 1 fully saturated rings. The molecule has 1 aromatic rings. The highest BCUT2D eigenvalue weighted by Crippen LogP contribution is 2.37. The Labute approximate surface area is 174 Å². The van der Waals surface area contributed by atoms with E-state index in [1.807, 2.05) is 77.0 Å². The molecule has 0 amide bonds. The van der Waals surface area contributed by atoms with Crippen molar-refractivity contribution in [3.05, 3.63) is 47.9 Å². The predicted molar refractivity (Wildman–Crippen MR) is 114 cm³/mol. The molecule has 6 nitrogen and oxygen atoms in total. The van der Waals surface area contributed by atoms with Gasteiger partial charge in [-0.3, -0.25) is 4.79 Å². The first kappa shape index (κ1) is 23.6. The fraction of sp³-hybridized carbons (Fsp3) is 0.591. The lowest BCUT2D eigenvalue weighted by Gasteiger charge is -2.32. The van der Waals surface area contributed by atoms with Gasteiger partial charge in [0.05, 0.1) is 16.8 Å². The number of carbonyl (C=O) groups excluding carboxylic acids is 1. The summed E-state index contributed by atoms with van der Waals surface area (Å²) in [5.74, 6) is 1.03. The molecule has 3 N–H and O–H groups in total. The summed E-state index contributed by atoms with van der Waals surface area (Å²) in [6.07, 6.45) is 1.36. The lowest BCUT2D eigenvalue weighted by Crippen LogP contribution is -2.50. The Bertz CT molecular complexity index is 710. The van der Waals surface area contributed by atoms with Gasteiger partial charge in [-0.15, -0.1) is 0 Å². The molecule has 1 aliphatic rings. The molecular weight excluding hydrogens is 369 g/mol. The van der Waals surface area contributed by atoms with Crippen molar-refractivity contribution in [1.82, 2.24) is 0 Å². The van der Waals surface area contributed by atoms with Gasteiger partial charge in [-0.2, -0.15) is 0 Å². The lowest BCUT2D eigenvalue weighted by atomic mass is 9.86. The fourth-order valence-corrected chi connectivity index (χ4v) is 2.94. The highest BCUT2D eigenvalue weighted by atomic mass is 16.7. The number of hydrogen-bond donors (Lipinski definition) is 2. The quantitative estimate of drug-likeness (QED) is 0.537. The molecule has 0 radical (unpaired) electrons. The Morgan fingerprint density at radius 2 is 1.69 bits per heavy atom. The average Bonchev–Trinajstić information content (AvgIpc) is 2.83. The van der Waals surface area contributed by atoms with E-state index < -0.39 is 42.0 Å². The van der Waals surface area contributed by atoms with Crippen molar-refractivity contribution in [1.29, 1.82) is 0 Å². The molecule has 0 spiro atoms. The second kappa shape index (κ2) is 8.60. The molecule has 0 aliphatic carbocycles. The summed E-state index contributed by atoms with van der Waals surface area (Å²) in [6.45, 7) is 12.9. The van der Waals surface area contributed by atoms with Gasteiger partial charge in [0, 0.05) is 5.92 Å². The lowest BCUT2D eigenvalue weighted by molar-refractivity contribution is -0.158. The van der Waals surface area contributed by atoms with E-state index in [-0.39, 0.29) is 5.92 Å². The highest BCUT2D eigenvalue weighted by Gasteiger charge is 2.50. The van der Waals surface area contributed by atoms with Gasteiger partial charge in [-0.1, -0.05) is 49.3 Å². The first-order valence-corrected chi connectivity index (χ1v) is 10.0. The van der Waals surface area contributed by atoms with Crippen molar-refractivity contribution in [2.24, 2.45) is 11.7 Å². The summed E-state index contributed by atoms with van der Waals surface area (Å²) < 4.78 is 17.7. The van der Waals surface area contributed by atoms with Crippen molar-refractivity contribution < 1.29 is 23.9 Å². The molecule has 7 heteroatoms. The Balaban J connectivity index is 2.18. The van der Waals surface area contributed by atoms with E-state index in [0.29, 0.717) is 0 Å². The number of esters is 1. The topological polar surface area (TPSA) is 91.0 Å². The Morgan fingerprint density at radius 1 is 1.17 bits per heavy atom. The molecule has 160 valence electrons. The van der Waals surface area contributed by atoms with Gasteiger partial charge in [0.15, 0.2) is 0 Å². The van der Waals surface area contributed by atoms with Crippen LogP contribution in [0.15, 0.2) is 42.4 Å². The van der Waals surface area contributed by atoms with Gasteiger partial charge < -0.3 is 24.9 Å². The summed E-state index contributed by atoms with van der Waals surface area (Å²) in [5.41, 5.74) is 4.50. The van der Waals surface area contributed by atoms with Crippen LogP contribution in [0.4, 0.5) is 0 Å². The zero-order valence-electron chi connectivity index (χ0n) is 18.5. The molecular formula is C22H34BNO5. The van der Waals surface area contributed by atoms with E-state index in [1.165, 1.54) is 13.8 Å². The monoisotopic (exact) mass is 403 g/mol. The van der Waals surface area contributed by atoms with E-state index in [2.05, 4.69) is 0 Å². The molecule has 2 rings (SSSR count). The average molecular weight is 403 g/mol. The van der Waals surface area contributed by atoms with E-state index in [4.69, 9.17) is 19.8 Å². The number of hydrogen-bond acceptors (Lipinski definition) is 6. The van der Waals surface area contributed by atoms with Gasteiger partial charge in [0.1, 0.15) is 12.1 Å². The number of nitrogens with two attached hydrogens (primary N) is 1. The van der Waals surface area contributed by atoms with E-state index >= 15 is 0 Å². The largest absolute Gasteiger partial charge is 0.486 e. The molecule has 1 heterocycles. The van der Waals surface area contributed by atoms with E-state index in [0.717, 1.165) is 5.56 Å². The van der Waals surface area contributed by atoms with Gasteiger partial charge >= 0.3 is 13.1 Å². The smallest absolute Gasteiger partial charge is 0.456 e. The van der Waals surface area contributed by atoms with Gasteiger partial charge in [-0.25, -0.2) is 0 Å². The minimum atomic E-state index is -1.37.